The Morgan fingerprint density at radius 1 is 0.313 bits per heavy atom. The molecule has 0 aromatic carbocycles. The van der Waals surface area contributed by atoms with E-state index in [9.17, 15) is 6.17 Å². The van der Waals surface area contributed by atoms with E-state index >= 15 is 0 Å². The number of carbonyl (C=O) groups excluding carboxylic acids is 1. The van der Waals surface area contributed by atoms with Gasteiger partial charge in [0.2, 0.25) is 5.91 Å². The molecular weight excluding hydrogens is 819 g/mol. The lowest BCUT2D eigenvalue weighted by Gasteiger charge is -2.37. The second-order valence-corrected chi connectivity index (χ2v) is 21.7. The van der Waals surface area contributed by atoms with Gasteiger partial charge in [-0.1, -0.05) is 266 Å². The Bertz CT molecular complexity index is 967. The van der Waals surface area contributed by atoms with Gasteiger partial charge < -0.3 is 14.7 Å². The minimum Gasteiger partial charge on any atom is -0.339 e. The van der Waals surface area contributed by atoms with Gasteiger partial charge in [-0.2, -0.15) is 0 Å². The van der Waals surface area contributed by atoms with E-state index in [0.29, 0.717) is 12.5 Å². The van der Waals surface area contributed by atoms with Crippen molar-refractivity contribution in [2.45, 2.75) is 298 Å². The molecule has 1 saturated heterocycles. The van der Waals surface area contributed by atoms with E-state index in [0.717, 1.165) is 65.4 Å². The molecule has 1 heterocycles. The third kappa shape index (κ3) is 42.7. The molecule has 1 aliphatic heterocycles. The summed E-state index contributed by atoms with van der Waals surface area (Å²) >= 11 is 0. The number of rotatable bonds is 54. The van der Waals surface area contributed by atoms with E-state index < -0.39 is 0 Å². The zero-order valence-electron chi connectivity index (χ0n) is 47.9. The van der Waals surface area contributed by atoms with Crippen molar-refractivity contribution in [3.8, 4) is 0 Å². The summed E-state index contributed by atoms with van der Waals surface area (Å²) in [6.45, 7) is 23.9. The summed E-state index contributed by atoms with van der Waals surface area (Å²) in [7, 11) is 0. The topological polar surface area (TPSA) is 33.3 Å². The van der Waals surface area contributed by atoms with Crippen LogP contribution in [0.4, 0.5) is 0 Å². The summed E-state index contributed by atoms with van der Waals surface area (Å²) in [4.78, 5) is 26.6. The van der Waals surface area contributed by atoms with Gasteiger partial charge >= 0.3 is 0 Å². The van der Waals surface area contributed by atoms with Crippen molar-refractivity contribution >= 4 is 5.91 Å². The van der Waals surface area contributed by atoms with Crippen LogP contribution in [0.1, 0.15) is 299 Å². The highest BCUT2D eigenvalue weighted by molar-refractivity contribution is 5.78. The maximum atomic E-state index is 14.1. The summed E-state index contributed by atoms with van der Waals surface area (Å²) in [6.07, 6.45) is 55.9. The first-order valence-corrected chi connectivity index (χ1v) is 31.1. The first kappa shape index (κ1) is 62.4. The van der Waals surface area contributed by atoms with Crippen LogP contribution in [0.25, 0.3) is 0 Å². The van der Waals surface area contributed by atoms with Crippen LogP contribution in [0.2, 0.25) is 0 Å². The van der Waals surface area contributed by atoms with Crippen LogP contribution < -0.4 is 0 Å². The lowest BCUT2D eigenvalue weighted by Crippen LogP contribution is -2.52. The fourth-order valence-corrected chi connectivity index (χ4v) is 10.4. The normalized spacial score (nSPS) is 14.3. The molecule has 1 rings (SSSR count). The van der Waals surface area contributed by atoms with Gasteiger partial charge in [0.05, 0.1) is 6.54 Å². The molecule has 0 N–H and O–H groups in total. The van der Waals surface area contributed by atoms with Gasteiger partial charge in [0, 0.05) is 53.7 Å². The molecule has 0 bridgehead atoms. The van der Waals surface area contributed by atoms with Crippen LogP contribution in [0.3, 0.4) is 0 Å². The fourth-order valence-electron chi connectivity index (χ4n) is 10.4. The second-order valence-electron chi connectivity index (χ2n) is 21.7. The lowest BCUT2D eigenvalue weighted by molar-refractivity contribution is -0.134. The average Bonchev–Trinajstić information content (AvgIpc) is 3.35. The molecule has 1 atom stereocenters. The van der Waals surface area contributed by atoms with Crippen LogP contribution >= 0.6 is 0 Å². The predicted molar refractivity (Wildman–Crippen MR) is 300 cm³/mol. The Balaban J connectivity index is 2.76. The Morgan fingerprint density at radius 3 is 0.851 bits per heavy atom. The molecule has 0 aromatic rings. The van der Waals surface area contributed by atoms with E-state index in [1.54, 1.807) is 0 Å². The number of piperazine rings is 1. The van der Waals surface area contributed by atoms with E-state index in [1.165, 1.54) is 276 Å². The molecule has 6 heteroatoms. The summed E-state index contributed by atoms with van der Waals surface area (Å²) in [6, 6.07) is 0. The molecule has 1 amide bonds. The zero-order chi connectivity index (χ0) is 49.2. The Kier molecular flexibility index (Phi) is 48.1. The smallest absolute Gasteiger partial charge is 0.236 e. The molecular formula is C61H125N5O. The highest BCUT2D eigenvalue weighted by Gasteiger charge is 2.23. The third-order valence-corrected chi connectivity index (χ3v) is 15.2. The van der Waals surface area contributed by atoms with Crippen LogP contribution in [-0.2, 0) is 4.79 Å². The summed E-state index contributed by atoms with van der Waals surface area (Å²) < 4.78 is 9.37. The average molecular weight is 946 g/mol. The monoisotopic (exact) mass is 945 g/mol. The van der Waals surface area contributed by atoms with Crippen molar-refractivity contribution in [3.05, 3.63) is 0 Å². The summed E-state index contributed by atoms with van der Waals surface area (Å²) in [5.41, 5.74) is 0. The van der Waals surface area contributed by atoms with Gasteiger partial charge in [-0.25, -0.2) is 0 Å². The predicted octanol–water partition coefficient (Wildman–Crippen LogP) is 17.1. The quantitative estimate of drug-likeness (QED) is 0.0568. The number of hydrogen-bond acceptors (Lipinski definition) is 5. The van der Waals surface area contributed by atoms with Gasteiger partial charge in [-0.3, -0.25) is 14.6 Å². The van der Waals surface area contributed by atoms with E-state index in [2.05, 4.69) is 59.1 Å². The Morgan fingerprint density at radius 2 is 0.552 bits per heavy atom. The van der Waals surface area contributed by atoms with Crippen molar-refractivity contribution in [2.24, 2.45) is 0 Å². The highest BCUT2D eigenvalue weighted by atomic mass is 16.2. The van der Waals surface area contributed by atoms with Gasteiger partial charge in [-0.15, -0.1) is 0 Å². The van der Waals surface area contributed by atoms with Crippen molar-refractivity contribution in [3.63, 3.8) is 0 Å². The molecule has 0 saturated carbocycles. The largest absolute Gasteiger partial charge is 0.339 e. The maximum absolute atomic E-state index is 14.1. The molecule has 6 nitrogen and oxygen atoms in total. The molecule has 1 fully saturated rings. The number of carbonyl (C=O) groups is 1. The minimum atomic E-state index is -0.203. The van der Waals surface area contributed by atoms with Crippen LogP contribution in [-0.4, -0.2) is 122 Å². The van der Waals surface area contributed by atoms with Crippen LogP contribution in [0.5, 0.6) is 0 Å². The molecule has 1 aliphatic rings. The van der Waals surface area contributed by atoms with Crippen molar-refractivity contribution < 1.29 is 6.17 Å². The van der Waals surface area contributed by atoms with Crippen molar-refractivity contribution in [1.82, 2.24) is 24.5 Å². The standard InChI is InChI=1S/C61H125N5O/c1-6-11-16-21-26-28-30-35-39-44-47-62(48-45-40-36-31-29-27-22-17-12-7-2)52-53-64-56-58-66(59-57-64)61(67)60-65(51-46-41-34-25-20-15-10-5)55-54-63(49-42-37-32-23-18-13-8-3)50-43-38-33-24-19-14-9-4/h6-60H2,1-5H3/i53D. The Labute approximate surface area is 424 Å². The molecule has 0 aromatic heterocycles. The maximum Gasteiger partial charge on any atom is 0.236 e. The first-order chi connectivity index (χ1) is 33.5. The van der Waals surface area contributed by atoms with Crippen LogP contribution in [0, 0.1) is 0 Å². The first-order valence-electron chi connectivity index (χ1n) is 31.7. The molecule has 1 unspecified atom stereocenters. The fraction of sp³-hybridized carbons (Fsp3) is 0.984. The Hall–Kier alpha value is -0.690. The van der Waals surface area contributed by atoms with Crippen molar-refractivity contribution in [2.75, 3.05) is 91.6 Å². The summed E-state index contributed by atoms with van der Waals surface area (Å²) in [5.74, 6) is 0.323. The number of unbranched alkanes of at least 4 members (excludes halogenated alkanes) is 36. The van der Waals surface area contributed by atoms with Crippen LogP contribution in [0.15, 0.2) is 0 Å². The third-order valence-electron chi connectivity index (χ3n) is 15.2. The lowest BCUT2D eigenvalue weighted by atomic mass is 10.1. The van der Waals surface area contributed by atoms with Gasteiger partial charge in [0.25, 0.3) is 0 Å². The summed E-state index contributed by atoms with van der Waals surface area (Å²) in [5, 5.41) is 0. The number of amides is 1. The molecule has 400 valence electrons. The van der Waals surface area contributed by atoms with Gasteiger partial charge in [0.1, 0.15) is 0 Å². The minimum absolute atomic E-state index is 0.203. The molecule has 67 heavy (non-hydrogen) atoms. The number of nitrogens with zero attached hydrogens (tertiary/aromatic N) is 5. The molecule has 0 radical (unpaired) electrons. The van der Waals surface area contributed by atoms with Gasteiger partial charge in [-0.05, 0) is 64.8 Å². The second kappa shape index (κ2) is 51.7. The zero-order valence-corrected chi connectivity index (χ0v) is 46.9. The highest BCUT2D eigenvalue weighted by Crippen LogP contribution is 2.16. The molecule has 0 aliphatic carbocycles. The molecule has 0 spiro atoms. The number of hydrogen-bond donors (Lipinski definition) is 0. The van der Waals surface area contributed by atoms with E-state index in [4.69, 9.17) is 0 Å². The van der Waals surface area contributed by atoms with Crippen molar-refractivity contribution in [1.29, 1.82) is 0 Å². The van der Waals surface area contributed by atoms with Gasteiger partial charge in [0.15, 0.2) is 0 Å². The van der Waals surface area contributed by atoms with E-state index in [1.807, 2.05) is 0 Å². The van der Waals surface area contributed by atoms with E-state index in [-0.39, 0.29) is 6.52 Å². The SMILES string of the molecule is [2H]C(CN(CCCCCCCCCCCC)CCCCCCCCCCCC)N1CCN(C(=O)CN(CCCCCCCCC)CCN(CCCCCCCCC)CCCCCCCCC)CC1.